The fraction of sp³-hybridized carbons (Fsp3) is 0.143. The summed E-state index contributed by atoms with van der Waals surface area (Å²) in [7, 11) is -3.42. The molecule has 0 aliphatic heterocycles. The summed E-state index contributed by atoms with van der Waals surface area (Å²) < 4.78 is 24.6. The lowest BCUT2D eigenvalue weighted by Gasteiger charge is -2.08. The van der Waals surface area contributed by atoms with Gasteiger partial charge in [0.1, 0.15) is 0 Å². The van der Waals surface area contributed by atoms with Crippen molar-refractivity contribution in [1.29, 1.82) is 0 Å². The Kier molecular flexibility index (Phi) is 3.50. The number of nitrogens with two attached hydrogens (primary N) is 1. The molecule has 0 saturated heterocycles. The summed E-state index contributed by atoms with van der Waals surface area (Å²) in [5, 5.41) is 0. The van der Waals surface area contributed by atoms with Gasteiger partial charge in [0, 0.05) is 6.04 Å². The molecule has 4 heteroatoms. The molecule has 0 aromatic heterocycles. The zero-order valence-corrected chi connectivity index (χ0v) is 10.9. The molecule has 1 atom stereocenters. The first-order chi connectivity index (χ1) is 8.51. The van der Waals surface area contributed by atoms with Crippen molar-refractivity contribution in [3.8, 4) is 0 Å². The van der Waals surface area contributed by atoms with Gasteiger partial charge >= 0.3 is 0 Å². The van der Waals surface area contributed by atoms with E-state index in [0.717, 1.165) is 5.56 Å². The molecule has 18 heavy (non-hydrogen) atoms. The Hall–Kier alpha value is -1.65. The second-order valence-corrected chi connectivity index (χ2v) is 6.12. The average molecular weight is 261 g/mol. The molecule has 2 rings (SSSR count). The van der Waals surface area contributed by atoms with Crippen LogP contribution >= 0.6 is 0 Å². The van der Waals surface area contributed by atoms with Crippen molar-refractivity contribution in [2.45, 2.75) is 22.8 Å². The van der Waals surface area contributed by atoms with Gasteiger partial charge in [0.05, 0.1) is 9.79 Å². The smallest absolute Gasteiger partial charge is 0.206 e. The van der Waals surface area contributed by atoms with Crippen LogP contribution in [-0.2, 0) is 9.84 Å². The quantitative estimate of drug-likeness (QED) is 0.923. The first kappa shape index (κ1) is 12.8. The van der Waals surface area contributed by atoms with Gasteiger partial charge < -0.3 is 5.73 Å². The molecule has 1 unspecified atom stereocenters. The van der Waals surface area contributed by atoms with Crippen molar-refractivity contribution in [3.63, 3.8) is 0 Å². The van der Waals surface area contributed by atoms with Crippen LogP contribution in [0.15, 0.2) is 64.4 Å². The maximum absolute atomic E-state index is 12.3. The highest BCUT2D eigenvalue weighted by atomic mass is 32.2. The Labute approximate surface area is 107 Å². The molecule has 0 radical (unpaired) electrons. The molecule has 0 fully saturated rings. The molecule has 2 aromatic carbocycles. The van der Waals surface area contributed by atoms with Crippen LogP contribution < -0.4 is 5.73 Å². The van der Waals surface area contributed by atoms with Gasteiger partial charge in [-0.25, -0.2) is 8.42 Å². The van der Waals surface area contributed by atoms with E-state index in [0.29, 0.717) is 4.90 Å². The number of rotatable bonds is 3. The molecule has 0 spiro atoms. The van der Waals surface area contributed by atoms with Gasteiger partial charge in [-0.1, -0.05) is 30.3 Å². The lowest BCUT2D eigenvalue weighted by molar-refractivity contribution is 0.596. The van der Waals surface area contributed by atoms with Crippen molar-refractivity contribution in [1.82, 2.24) is 0 Å². The second-order valence-electron chi connectivity index (χ2n) is 4.17. The Morgan fingerprint density at radius 1 is 0.889 bits per heavy atom. The third-order valence-electron chi connectivity index (χ3n) is 2.77. The third-order valence-corrected chi connectivity index (χ3v) is 4.56. The maximum atomic E-state index is 12.3. The summed E-state index contributed by atoms with van der Waals surface area (Å²) in [4.78, 5) is 0.594. The van der Waals surface area contributed by atoms with Gasteiger partial charge in [-0.05, 0) is 36.8 Å². The minimum Gasteiger partial charge on any atom is -0.324 e. The molecule has 0 aliphatic carbocycles. The second kappa shape index (κ2) is 4.92. The van der Waals surface area contributed by atoms with Gasteiger partial charge in [0.2, 0.25) is 9.84 Å². The van der Waals surface area contributed by atoms with Gasteiger partial charge in [-0.3, -0.25) is 0 Å². The van der Waals surface area contributed by atoms with E-state index in [1.165, 1.54) is 0 Å². The minimum atomic E-state index is -3.42. The highest BCUT2D eigenvalue weighted by Crippen LogP contribution is 2.21. The molecule has 0 amide bonds. The lowest BCUT2D eigenvalue weighted by Crippen LogP contribution is -2.06. The van der Waals surface area contributed by atoms with Gasteiger partial charge in [0.15, 0.2) is 0 Å². The average Bonchev–Trinajstić information content (AvgIpc) is 2.40. The number of hydrogen-bond acceptors (Lipinski definition) is 3. The van der Waals surface area contributed by atoms with Gasteiger partial charge in [-0.15, -0.1) is 0 Å². The van der Waals surface area contributed by atoms with Crippen molar-refractivity contribution < 1.29 is 8.42 Å². The van der Waals surface area contributed by atoms with E-state index in [9.17, 15) is 8.42 Å². The van der Waals surface area contributed by atoms with E-state index in [1.807, 2.05) is 6.92 Å². The molecule has 0 aliphatic rings. The molecule has 0 saturated carbocycles. The van der Waals surface area contributed by atoms with Crippen molar-refractivity contribution in [3.05, 3.63) is 60.2 Å². The Morgan fingerprint density at radius 2 is 1.39 bits per heavy atom. The highest BCUT2D eigenvalue weighted by molar-refractivity contribution is 7.91. The highest BCUT2D eigenvalue weighted by Gasteiger charge is 2.16. The van der Waals surface area contributed by atoms with Crippen LogP contribution in [0, 0.1) is 0 Å². The topological polar surface area (TPSA) is 60.2 Å². The minimum absolute atomic E-state index is 0.0986. The normalized spacial score (nSPS) is 13.2. The van der Waals surface area contributed by atoms with Gasteiger partial charge in [-0.2, -0.15) is 0 Å². The summed E-state index contributed by atoms with van der Waals surface area (Å²) in [5.41, 5.74) is 6.65. The monoisotopic (exact) mass is 261 g/mol. The summed E-state index contributed by atoms with van der Waals surface area (Å²) in [5.74, 6) is 0. The number of benzene rings is 2. The molecule has 2 aromatic rings. The van der Waals surface area contributed by atoms with E-state index in [4.69, 9.17) is 5.73 Å². The maximum Gasteiger partial charge on any atom is 0.206 e. The zero-order chi connectivity index (χ0) is 13.2. The van der Waals surface area contributed by atoms with Crippen molar-refractivity contribution in [2.24, 2.45) is 5.73 Å². The van der Waals surface area contributed by atoms with Crippen molar-refractivity contribution >= 4 is 9.84 Å². The predicted molar refractivity (Wildman–Crippen MR) is 70.9 cm³/mol. The Balaban J connectivity index is 2.43. The third kappa shape index (κ3) is 2.44. The van der Waals surface area contributed by atoms with E-state index >= 15 is 0 Å². The first-order valence-corrected chi connectivity index (χ1v) is 7.16. The fourth-order valence-electron chi connectivity index (χ4n) is 1.69. The molecule has 94 valence electrons. The zero-order valence-electron chi connectivity index (χ0n) is 10.1. The van der Waals surface area contributed by atoms with E-state index in [-0.39, 0.29) is 10.9 Å². The van der Waals surface area contributed by atoms with E-state index in [1.54, 1.807) is 54.6 Å². The number of hydrogen-bond donors (Lipinski definition) is 1. The Morgan fingerprint density at radius 3 is 1.89 bits per heavy atom. The molecule has 2 N–H and O–H groups in total. The molecular formula is C14H15NO2S. The standard InChI is InChI=1S/C14H15NO2S/c1-11(15)12-7-9-14(10-8-12)18(16,17)13-5-3-2-4-6-13/h2-11H,15H2,1H3. The first-order valence-electron chi connectivity index (χ1n) is 5.67. The SMILES string of the molecule is CC(N)c1ccc(S(=O)(=O)c2ccccc2)cc1. The largest absolute Gasteiger partial charge is 0.324 e. The van der Waals surface area contributed by atoms with Crippen LogP contribution in [0.25, 0.3) is 0 Å². The molecular weight excluding hydrogens is 246 g/mol. The molecule has 0 heterocycles. The Bertz CT molecular complexity index is 617. The molecule has 3 nitrogen and oxygen atoms in total. The molecule has 0 bridgehead atoms. The lowest BCUT2D eigenvalue weighted by atomic mass is 10.1. The van der Waals surface area contributed by atoms with Crippen LogP contribution in [0.2, 0.25) is 0 Å². The van der Waals surface area contributed by atoms with Crippen LogP contribution in [-0.4, -0.2) is 8.42 Å². The van der Waals surface area contributed by atoms with E-state index in [2.05, 4.69) is 0 Å². The summed E-state index contributed by atoms with van der Waals surface area (Å²) in [6.45, 7) is 1.86. The summed E-state index contributed by atoms with van der Waals surface area (Å²) in [6, 6.07) is 15.0. The van der Waals surface area contributed by atoms with Crippen LogP contribution in [0.5, 0.6) is 0 Å². The predicted octanol–water partition coefficient (Wildman–Crippen LogP) is 2.54. The van der Waals surface area contributed by atoms with Crippen LogP contribution in [0.1, 0.15) is 18.5 Å². The van der Waals surface area contributed by atoms with Crippen molar-refractivity contribution in [2.75, 3.05) is 0 Å². The van der Waals surface area contributed by atoms with Gasteiger partial charge in [0.25, 0.3) is 0 Å². The summed E-state index contributed by atoms with van der Waals surface area (Å²) >= 11 is 0. The number of sulfone groups is 1. The van der Waals surface area contributed by atoms with Crippen LogP contribution in [0.3, 0.4) is 0 Å². The fourth-order valence-corrected chi connectivity index (χ4v) is 2.97. The van der Waals surface area contributed by atoms with Crippen LogP contribution in [0.4, 0.5) is 0 Å². The van der Waals surface area contributed by atoms with E-state index < -0.39 is 9.84 Å². The summed E-state index contributed by atoms with van der Waals surface area (Å²) in [6.07, 6.45) is 0.